The van der Waals surface area contributed by atoms with E-state index in [-0.39, 0.29) is 0 Å². The highest BCUT2D eigenvalue weighted by molar-refractivity contribution is 6.20. The Hall–Kier alpha value is -3.58. The molecule has 6 aromatic rings. The van der Waals surface area contributed by atoms with Crippen molar-refractivity contribution < 1.29 is 0 Å². The SMILES string of the molecule is c1ccc2c(c1)Cc1cc3c4ccccc4n4cc5ccccc5c4c3cc1-2. The summed E-state index contributed by atoms with van der Waals surface area (Å²) in [6, 6.07) is 31.2. The molecule has 0 unspecified atom stereocenters. The molecule has 0 amide bonds. The number of pyridine rings is 1. The molecule has 0 radical (unpaired) electrons. The molecule has 4 aromatic carbocycles. The number of fused-ring (bicyclic) bond motifs is 11. The van der Waals surface area contributed by atoms with Gasteiger partial charge in [0.1, 0.15) is 0 Å². The minimum absolute atomic E-state index is 1.03. The van der Waals surface area contributed by atoms with Crippen molar-refractivity contribution in [3.05, 3.63) is 102 Å². The van der Waals surface area contributed by atoms with Crippen molar-refractivity contribution in [2.45, 2.75) is 6.42 Å². The van der Waals surface area contributed by atoms with Gasteiger partial charge in [0.05, 0.1) is 11.0 Å². The highest BCUT2D eigenvalue weighted by atomic mass is 14.9. The summed E-state index contributed by atoms with van der Waals surface area (Å²) in [6.07, 6.45) is 3.32. The highest BCUT2D eigenvalue weighted by Crippen LogP contribution is 2.42. The van der Waals surface area contributed by atoms with Gasteiger partial charge in [-0.2, -0.15) is 0 Å². The molecule has 1 nitrogen and oxygen atoms in total. The van der Waals surface area contributed by atoms with E-state index < -0.39 is 0 Å². The summed E-state index contributed by atoms with van der Waals surface area (Å²) in [5, 5.41) is 6.64. The number of para-hydroxylation sites is 1. The molecule has 7 rings (SSSR count). The van der Waals surface area contributed by atoms with E-state index in [1.807, 2.05) is 0 Å². The fraction of sp³-hybridized carbons (Fsp3) is 0.0370. The quantitative estimate of drug-likeness (QED) is 0.259. The molecule has 0 atom stereocenters. The van der Waals surface area contributed by atoms with Gasteiger partial charge in [-0.1, -0.05) is 66.7 Å². The first kappa shape index (κ1) is 14.5. The number of hydrogen-bond acceptors (Lipinski definition) is 0. The number of aromatic nitrogens is 1. The van der Waals surface area contributed by atoms with Gasteiger partial charge in [0.15, 0.2) is 0 Å². The van der Waals surface area contributed by atoms with Crippen LogP contribution in [-0.4, -0.2) is 4.40 Å². The van der Waals surface area contributed by atoms with Gasteiger partial charge < -0.3 is 4.40 Å². The summed E-state index contributed by atoms with van der Waals surface area (Å²) >= 11 is 0. The van der Waals surface area contributed by atoms with E-state index in [9.17, 15) is 0 Å². The maximum Gasteiger partial charge on any atom is 0.0613 e. The molecule has 1 aliphatic rings. The average molecular weight is 355 g/mol. The van der Waals surface area contributed by atoms with E-state index in [1.165, 1.54) is 60.2 Å². The zero-order valence-electron chi connectivity index (χ0n) is 15.3. The Bertz CT molecular complexity index is 1580. The first-order chi connectivity index (χ1) is 13.9. The summed E-state index contributed by atoms with van der Waals surface area (Å²) in [5.74, 6) is 0. The molecule has 0 bridgehead atoms. The molecule has 1 heteroatoms. The second-order valence-electron chi connectivity index (χ2n) is 7.84. The van der Waals surface area contributed by atoms with Crippen molar-refractivity contribution in [3.63, 3.8) is 0 Å². The van der Waals surface area contributed by atoms with E-state index in [1.54, 1.807) is 0 Å². The molecule has 0 saturated carbocycles. The van der Waals surface area contributed by atoms with Gasteiger partial charge in [-0.25, -0.2) is 0 Å². The Morgan fingerprint density at radius 2 is 1.36 bits per heavy atom. The summed E-state index contributed by atoms with van der Waals surface area (Å²) in [6.45, 7) is 0. The van der Waals surface area contributed by atoms with Crippen LogP contribution in [0, 0.1) is 0 Å². The molecule has 0 spiro atoms. The lowest BCUT2D eigenvalue weighted by Crippen LogP contribution is -1.91. The molecule has 130 valence electrons. The van der Waals surface area contributed by atoms with Gasteiger partial charge in [-0.3, -0.25) is 0 Å². The van der Waals surface area contributed by atoms with Crippen molar-refractivity contribution in [1.29, 1.82) is 0 Å². The Morgan fingerprint density at radius 1 is 0.571 bits per heavy atom. The third-order valence-electron chi connectivity index (χ3n) is 6.37. The van der Waals surface area contributed by atoms with Gasteiger partial charge in [-0.15, -0.1) is 0 Å². The van der Waals surface area contributed by atoms with Gasteiger partial charge in [0, 0.05) is 27.7 Å². The molecule has 2 aromatic heterocycles. The zero-order chi connectivity index (χ0) is 18.2. The first-order valence-corrected chi connectivity index (χ1v) is 9.84. The van der Waals surface area contributed by atoms with Crippen LogP contribution in [0.15, 0.2) is 91.1 Å². The van der Waals surface area contributed by atoms with Crippen LogP contribution in [0.2, 0.25) is 0 Å². The summed E-state index contributed by atoms with van der Waals surface area (Å²) < 4.78 is 2.38. The maximum atomic E-state index is 2.44. The second kappa shape index (κ2) is 5.02. The zero-order valence-corrected chi connectivity index (χ0v) is 15.3. The highest BCUT2D eigenvalue weighted by Gasteiger charge is 2.21. The fourth-order valence-corrected chi connectivity index (χ4v) is 5.14. The Morgan fingerprint density at radius 3 is 2.32 bits per heavy atom. The van der Waals surface area contributed by atoms with Crippen molar-refractivity contribution in [2.24, 2.45) is 0 Å². The fourth-order valence-electron chi connectivity index (χ4n) is 5.14. The molecule has 0 saturated heterocycles. The Balaban J connectivity index is 1.77. The van der Waals surface area contributed by atoms with Gasteiger partial charge in [-0.05, 0) is 52.3 Å². The van der Waals surface area contributed by atoms with Gasteiger partial charge >= 0.3 is 0 Å². The monoisotopic (exact) mass is 355 g/mol. The van der Waals surface area contributed by atoms with Crippen LogP contribution in [0.1, 0.15) is 11.1 Å². The summed E-state index contributed by atoms with van der Waals surface area (Å²) in [5.41, 5.74) is 8.26. The standard InChI is InChI=1S/C27H17N/c1-3-9-20-17(7-1)13-19-14-24-22-11-5-6-12-26(22)28-16-18-8-2-4-10-21(18)27(28)25(24)15-23(19)20/h1-12,14-16H,13H2. The predicted molar refractivity (Wildman–Crippen MR) is 118 cm³/mol. The van der Waals surface area contributed by atoms with E-state index >= 15 is 0 Å². The Kier molecular flexibility index (Phi) is 2.60. The molecule has 1 aliphatic carbocycles. The smallest absolute Gasteiger partial charge is 0.0613 e. The maximum absolute atomic E-state index is 2.44. The predicted octanol–water partition coefficient (Wildman–Crippen LogP) is 6.97. The molecule has 0 N–H and O–H groups in total. The topological polar surface area (TPSA) is 4.41 Å². The van der Waals surface area contributed by atoms with Crippen LogP contribution in [0.4, 0.5) is 0 Å². The normalized spacial score (nSPS) is 12.9. The Labute approximate surface area is 162 Å². The number of benzene rings is 4. The molecule has 0 fully saturated rings. The third-order valence-corrected chi connectivity index (χ3v) is 6.37. The minimum atomic E-state index is 1.03. The molecule has 0 aliphatic heterocycles. The molecular formula is C27H17N. The molecule has 28 heavy (non-hydrogen) atoms. The molecular weight excluding hydrogens is 338 g/mol. The average Bonchev–Trinajstić information content (AvgIpc) is 3.31. The first-order valence-electron chi connectivity index (χ1n) is 9.84. The number of rotatable bonds is 0. The van der Waals surface area contributed by atoms with Crippen LogP contribution in [0.5, 0.6) is 0 Å². The minimum Gasteiger partial charge on any atom is -0.315 e. The van der Waals surface area contributed by atoms with E-state index in [2.05, 4.69) is 95.5 Å². The lowest BCUT2D eigenvalue weighted by Gasteiger charge is -2.12. The van der Waals surface area contributed by atoms with Crippen LogP contribution >= 0.6 is 0 Å². The lowest BCUT2D eigenvalue weighted by molar-refractivity contribution is 1.27. The number of nitrogens with zero attached hydrogens (tertiary/aromatic N) is 1. The largest absolute Gasteiger partial charge is 0.315 e. The second-order valence-corrected chi connectivity index (χ2v) is 7.84. The van der Waals surface area contributed by atoms with Crippen molar-refractivity contribution in [3.8, 4) is 11.1 Å². The van der Waals surface area contributed by atoms with E-state index in [0.29, 0.717) is 0 Å². The van der Waals surface area contributed by atoms with Crippen molar-refractivity contribution >= 4 is 38.0 Å². The number of hydrogen-bond donors (Lipinski definition) is 0. The van der Waals surface area contributed by atoms with Crippen LogP contribution in [0.3, 0.4) is 0 Å². The molecule has 2 heterocycles. The van der Waals surface area contributed by atoms with Crippen LogP contribution in [0.25, 0.3) is 49.1 Å². The van der Waals surface area contributed by atoms with Gasteiger partial charge in [0.2, 0.25) is 0 Å². The van der Waals surface area contributed by atoms with Crippen LogP contribution in [-0.2, 0) is 6.42 Å². The summed E-state index contributed by atoms with van der Waals surface area (Å²) in [7, 11) is 0. The summed E-state index contributed by atoms with van der Waals surface area (Å²) in [4.78, 5) is 0. The third kappa shape index (κ3) is 1.72. The van der Waals surface area contributed by atoms with Crippen molar-refractivity contribution in [1.82, 2.24) is 4.40 Å². The van der Waals surface area contributed by atoms with Crippen molar-refractivity contribution in [2.75, 3.05) is 0 Å². The lowest BCUT2D eigenvalue weighted by atomic mass is 9.97. The van der Waals surface area contributed by atoms with Gasteiger partial charge in [0.25, 0.3) is 0 Å². The van der Waals surface area contributed by atoms with E-state index in [0.717, 1.165) is 6.42 Å². The van der Waals surface area contributed by atoms with Crippen LogP contribution < -0.4 is 0 Å². The van der Waals surface area contributed by atoms with E-state index in [4.69, 9.17) is 0 Å².